The second kappa shape index (κ2) is 6.93. The summed E-state index contributed by atoms with van der Waals surface area (Å²) in [5.41, 5.74) is 1.67. The molecule has 6 heteroatoms. The highest BCUT2D eigenvalue weighted by molar-refractivity contribution is 5.91. The van der Waals surface area contributed by atoms with Crippen molar-refractivity contribution in [2.24, 2.45) is 0 Å². The van der Waals surface area contributed by atoms with Crippen molar-refractivity contribution in [2.45, 2.75) is 6.54 Å². The Labute approximate surface area is 145 Å². The molecule has 0 aliphatic rings. The van der Waals surface area contributed by atoms with Gasteiger partial charge in [0.05, 0.1) is 34.0 Å². The highest BCUT2D eigenvalue weighted by atomic mass is 19.1. The lowest BCUT2D eigenvalue weighted by molar-refractivity contribution is 0.326. The molecule has 5 nitrogen and oxygen atoms in total. The summed E-state index contributed by atoms with van der Waals surface area (Å²) in [4.78, 5) is 0. The zero-order valence-corrected chi connectivity index (χ0v) is 14.6. The van der Waals surface area contributed by atoms with E-state index in [4.69, 9.17) is 18.9 Å². The van der Waals surface area contributed by atoms with Gasteiger partial charge in [0, 0.05) is 18.1 Å². The van der Waals surface area contributed by atoms with E-state index in [1.54, 1.807) is 27.4 Å². The van der Waals surface area contributed by atoms with Gasteiger partial charge in [-0.1, -0.05) is 6.07 Å². The number of hydrogen-bond donors (Lipinski definition) is 0. The molecule has 1 heterocycles. The first-order valence-electron chi connectivity index (χ1n) is 7.73. The Kier molecular flexibility index (Phi) is 4.70. The Balaban J connectivity index is 2.09. The van der Waals surface area contributed by atoms with Crippen molar-refractivity contribution in [3.63, 3.8) is 0 Å². The highest BCUT2D eigenvalue weighted by Gasteiger charge is 2.19. The van der Waals surface area contributed by atoms with Gasteiger partial charge in [0.1, 0.15) is 0 Å². The summed E-state index contributed by atoms with van der Waals surface area (Å²) in [6.07, 6.45) is 1.92. The first-order valence-corrected chi connectivity index (χ1v) is 7.73. The van der Waals surface area contributed by atoms with E-state index in [9.17, 15) is 4.39 Å². The average Bonchev–Trinajstić information content (AvgIpc) is 3.02. The number of rotatable bonds is 6. The van der Waals surface area contributed by atoms with Crippen LogP contribution in [0.15, 0.2) is 36.5 Å². The molecule has 2 aromatic carbocycles. The van der Waals surface area contributed by atoms with Crippen LogP contribution < -0.4 is 18.9 Å². The van der Waals surface area contributed by atoms with Crippen LogP contribution in [0.5, 0.6) is 23.0 Å². The number of hydrogen-bond acceptors (Lipinski definition) is 4. The number of nitrogens with zero attached hydrogens (tertiary/aromatic N) is 1. The summed E-state index contributed by atoms with van der Waals surface area (Å²) in [6.45, 7) is 0.482. The molecule has 132 valence electrons. The van der Waals surface area contributed by atoms with Crippen LogP contribution in [-0.4, -0.2) is 33.0 Å². The fraction of sp³-hybridized carbons (Fsp3) is 0.263. The zero-order chi connectivity index (χ0) is 18.0. The third-order valence-corrected chi connectivity index (χ3v) is 4.12. The van der Waals surface area contributed by atoms with Gasteiger partial charge in [0.25, 0.3) is 0 Å². The number of halogens is 1. The third kappa shape index (κ3) is 2.95. The van der Waals surface area contributed by atoms with Crippen LogP contribution in [0.3, 0.4) is 0 Å². The summed E-state index contributed by atoms with van der Waals surface area (Å²) in [5.74, 6) is 1.54. The minimum Gasteiger partial charge on any atom is -0.494 e. The van der Waals surface area contributed by atoms with Crippen molar-refractivity contribution in [2.75, 3.05) is 28.4 Å². The quantitative estimate of drug-likeness (QED) is 0.680. The largest absolute Gasteiger partial charge is 0.494 e. The summed E-state index contributed by atoms with van der Waals surface area (Å²) in [5, 5.41) is 0.948. The van der Waals surface area contributed by atoms with E-state index in [2.05, 4.69) is 0 Å². The van der Waals surface area contributed by atoms with E-state index in [1.807, 2.05) is 29.0 Å². The van der Waals surface area contributed by atoms with Gasteiger partial charge in [0.15, 0.2) is 23.1 Å². The molecule has 0 bridgehead atoms. The second-order valence-electron chi connectivity index (χ2n) is 5.50. The molecule has 0 aliphatic carbocycles. The van der Waals surface area contributed by atoms with Crippen molar-refractivity contribution in [1.29, 1.82) is 0 Å². The Morgan fingerprint density at radius 3 is 2.16 bits per heavy atom. The van der Waals surface area contributed by atoms with E-state index in [1.165, 1.54) is 13.2 Å². The molecule has 0 atom stereocenters. The normalized spacial score (nSPS) is 10.8. The maximum atomic E-state index is 14.0. The van der Waals surface area contributed by atoms with Gasteiger partial charge >= 0.3 is 0 Å². The van der Waals surface area contributed by atoms with Crippen LogP contribution in [0.2, 0.25) is 0 Å². The van der Waals surface area contributed by atoms with Gasteiger partial charge in [-0.15, -0.1) is 0 Å². The third-order valence-electron chi connectivity index (χ3n) is 4.12. The molecule has 3 aromatic rings. The van der Waals surface area contributed by atoms with Crippen LogP contribution in [-0.2, 0) is 6.54 Å². The number of ether oxygens (including phenoxy) is 4. The molecule has 3 rings (SSSR count). The minimum atomic E-state index is -0.386. The molecular formula is C19H20FNO4. The SMILES string of the molecule is COc1ccc(Cn2ccc3cc(OC)c(OC)c(OC)c32)cc1F. The summed E-state index contributed by atoms with van der Waals surface area (Å²) >= 11 is 0. The number of aromatic nitrogens is 1. The molecule has 0 saturated carbocycles. The molecular weight excluding hydrogens is 325 g/mol. The lowest BCUT2D eigenvalue weighted by atomic mass is 10.2. The van der Waals surface area contributed by atoms with Crippen molar-refractivity contribution in [1.82, 2.24) is 4.57 Å². The van der Waals surface area contributed by atoms with Crippen LogP contribution in [0.25, 0.3) is 10.9 Å². The second-order valence-corrected chi connectivity index (χ2v) is 5.50. The summed E-state index contributed by atoms with van der Waals surface area (Å²) < 4.78 is 37.3. The zero-order valence-electron chi connectivity index (χ0n) is 14.6. The van der Waals surface area contributed by atoms with Gasteiger partial charge in [0.2, 0.25) is 5.75 Å². The van der Waals surface area contributed by atoms with E-state index >= 15 is 0 Å². The fourth-order valence-electron chi connectivity index (χ4n) is 2.96. The molecule has 0 aliphatic heterocycles. The molecule has 0 unspecified atom stereocenters. The summed E-state index contributed by atoms with van der Waals surface area (Å²) in [7, 11) is 6.18. The average molecular weight is 345 g/mol. The lowest BCUT2D eigenvalue weighted by Crippen LogP contribution is -2.02. The predicted octanol–water partition coefficient (Wildman–Crippen LogP) is 3.86. The first-order chi connectivity index (χ1) is 12.1. The molecule has 25 heavy (non-hydrogen) atoms. The smallest absolute Gasteiger partial charge is 0.205 e. The number of benzene rings is 2. The van der Waals surface area contributed by atoms with Crippen molar-refractivity contribution >= 4 is 10.9 Å². The van der Waals surface area contributed by atoms with Gasteiger partial charge < -0.3 is 23.5 Å². The van der Waals surface area contributed by atoms with E-state index in [-0.39, 0.29) is 11.6 Å². The van der Waals surface area contributed by atoms with Crippen molar-refractivity contribution < 1.29 is 23.3 Å². The van der Waals surface area contributed by atoms with E-state index in [0.717, 1.165) is 16.5 Å². The summed E-state index contributed by atoms with van der Waals surface area (Å²) in [6, 6.07) is 8.78. The standard InChI is InChI=1S/C19H20FNO4/c1-22-15-6-5-12(9-14(15)20)11-21-8-7-13-10-16(23-2)18(24-3)19(25-4)17(13)21/h5-10H,11H2,1-4H3. The molecule has 1 aromatic heterocycles. The molecule has 0 spiro atoms. The van der Waals surface area contributed by atoms with E-state index in [0.29, 0.717) is 23.8 Å². The van der Waals surface area contributed by atoms with Crippen LogP contribution in [0.4, 0.5) is 4.39 Å². The Morgan fingerprint density at radius 1 is 0.840 bits per heavy atom. The van der Waals surface area contributed by atoms with Crippen LogP contribution >= 0.6 is 0 Å². The minimum absolute atomic E-state index is 0.227. The number of fused-ring (bicyclic) bond motifs is 1. The maximum absolute atomic E-state index is 14.0. The molecule has 0 radical (unpaired) electrons. The predicted molar refractivity (Wildman–Crippen MR) is 93.6 cm³/mol. The van der Waals surface area contributed by atoms with E-state index < -0.39 is 0 Å². The first kappa shape index (κ1) is 17.0. The molecule has 0 amide bonds. The van der Waals surface area contributed by atoms with Crippen molar-refractivity contribution in [3.05, 3.63) is 47.9 Å². The lowest BCUT2D eigenvalue weighted by Gasteiger charge is -2.15. The monoisotopic (exact) mass is 345 g/mol. The van der Waals surface area contributed by atoms with Crippen LogP contribution in [0, 0.1) is 5.82 Å². The van der Waals surface area contributed by atoms with Gasteiger partial charge in [-0.3, -0.25) is 0 Å². The Morgan fingerprint density at radius 2 is 1.56 bits per heavy atom. The molecule has 0 N–H and O–H groups in total. The molecule has 0 saturated heterocycles. The maximum Gasteiger partial charge on any atom is 0.205 e. The van der Waals surface area contributed by atoms with Crippen molar-refractivity contribution in [3.8, 4) is 23.0 Å². The van der Waals surface area contributed by atoms with Gasteiger partial charge in [-0.25, -0.2) is 4.39 Å². The molecule has 0 fully saturated rings. The Hall–Kier alpha value is -2.89. The highest BCUT2D eigenvalue weighted by Crippen LogP contribution is 2.43. The van der Waals surface area contributed by atoms with Gasteiger partial charge in [-0.2, -0.15) is 0 Å². The Bertz CT molecular complexity index is 904. The van der Waals surface area contributed by atoms with Crippen LogP contribution in [0.1, 0.15) is 5.56 Å². The topological polar surface area (TPSA) is 41.9 Å². The fourth-order valence-corrected chi connectivity index (χ4v) is 2.96. The number of methoxy groups -OCH3 is 4. The van der Waals surface area contributed by atoms with Gasteiger partial charge in [-0.05, 0) is 29.8 Å².